The predicted octanol–water partition coefficient (Wildman–Crippen LogP) is 5.37. The molecule has 4 rings (SSSR count). The number of benzene rings is 2. The lowest BCUT2D eigenvalue weighted by molar-refractivity contribution is 0.509. The van der Waals surface area contributed by atoms with Gasteiger partial charge in [0.25, 0.3) is 0 Å². The normalized spacial score (nSPS) is 10.9. The van der Waals surface area contributed by atoms with Crippen molar-refractivity contribution in [2.75, 3.05) is 5.32 Å². The van der Waals surface area contributed by atoms with E-state index >= 15 is 0 Å². The molecule has 4 nitrogen and oxygen atoms in total. The summed E-state index contributed by atoms with van der Waals surface area (Å²) in [5.74, 6) is -0.971. The highest BCUT2D eigenvalue weighted by atomic mass is 35.5. The molecule has 0 unspecified atom stereocenters. The van der Waals surface area contributed by atoms with Crippen molar-refractivity contribution in [3.63, 3.8) is 0 Å². The van der Waals surface area contributed by atoms with Crippen molar-refractivity contribution in [3.05, 3.63) is 77.6 Å². The number of halogens is 3. The Balaban J connectivity index is 1.87. The van der Waals surface area contributed by atoms with Gasteiger partial charge in [-0.15, -0.1) is 0 Å². The number of nitrogens with one attached hydrogen (secondary N) is 1. The van der Waals surface area contributed by atoms with Crippen molar-refractivity contribution in [2.24, 2.45) is 0 Å². The minimum atomic E-state index is -0.945. The molecule has 2 aromatic heterocycles. The van der Waals surface area contributed by atoms with Gasteiger partial charge in [-0.05, 0) is 42.5 Å². The Hall–Kier alpha value is -3.12. The first-order valence-corrected chi connectivity index (χ1v) is 8.08. The molecule has 0 aliphatic carbocycles. The fourth-order valence-electron chi connectivity index (χ4n) is 2.53. The Labute approximate surface area is 152 Å². The first-order valence-electron chi connectivity index (χ1n) is 7.70. The fraction of sp³-hybridized carbons (Fsp3) is 0. The summed E-state index contributed by atoms with van der Waals surface area (Å²) in [6.07, 6.45) is 3.31. The molecule has 2 heterocycles. The summed E-state index contributed by atoms with van der Waals surface area (Å²) in [6, 6.07) is 12.4. The molecule has 0 saturated carbocycles. The lowest BCUT2D eigenvalue weighted by Crippen LogP contribution is -2.00. The molecule has 2 aromatic carbocycles. The van der Waals surface area contributed by atoms with Gasteiger partial charge in [-0.2, -0.15) is 0 Å². The monoisotopic (exact) mass is 368 g/mol. The topological polar surface area (TPSA) is 50.7 Å². The van der Waals surface area contributed by atoms with Crippen LogP contribution < -0.4 is 5.32 Å². The Bertz CT molecular complexity index is 1100. The van der Waals surface area contributed by atoms with Crippen LogP contribution in [0.2, 0.25) is 5.02 Å². The van der Waals surface area contributed by atoms with Crippen molar-refractivity contribution >= 4 is 34.0 Å². The smallest absolute Gasteiger partial charge is 0.163 e. The zero-order valence-electron chi connectivity index (χ0n) is 13.2. The second-order valence-electron chi connectivity index (χ2n) is 5.55. The van der Waals surface area contributed by atoms with E-state index in [-0.39, 0.29) is 0 Å². The minimum Gasteiger partial charge on any atom is -0.340 e. The molecule has 0 spiro atoms. The van der Waals surface area contributed by atoms with Crippen LogP contribution in [-0.2, 0) is 0 Å². The van der Waals surface area contributed by atoms with Gasteiger partial charge in [0.05, 0.1) is 5.52 Å². The number of rotatable bonds is 3. The summed E-state index contributed by atoms with van der Waals surface area (Å²) < 4.78 is 26.7. The molecular weight excluding hydrogens is 358 g/mol. The highest BCUT2D eigenvalue weighted by Crippen LogP contribution is 2.29. The van der Waals surface area contributed by atoms with Gasteiger partial charge in [-0.3, -0.25) is 4.98 Å². The molecular formula is C19H11ClF2N4. The standard InChI is InChI=1S/C19H11ClF2N4/c20-12-3-6-17-14(8-12)19(24-13-4-5-15(21)16(22)9-13)26-18(25-17)11-2-1-7-23-10-11/h1-10H,(H,24,25,26). The lowest BCUT2D eigenvalue weighted by atomic mass is 10.2. The zero-order chi connectivity index (χ0) is 18.1. The van der Waals surface area contributed by atoms with E-state index in [1.165, 1.54) is 6.07 Å². The largest absolute Gasteiger partial charge is 0.340 e. The molecule has 0 aliphatic rings. The quantitative estimate of drug-likeness (QED) is 0.528. The van der Waals surface area contributed by atoms with Crippen molar-refractivity contribution in [1.82, 2.24) is 15.0 Å². The maximum Gasteiger partial charge on any atom is 0.163 e. The Morgan fingerprint density at radius 1 is 0.923 bits per heavy atom. The summed E-state index contributed by atoms with van der Waals surface area (Å²) in [4.78, 5) is 13.1. The first-order chi connectivity index (χ1) is 12.6. The Morgan fingerprint density at radius 3 is 2.58 bits per heavy atom. The van der Waals surface area contributed by atoms with Crippen LogP contribution >= 0.6 is 11.6 Å². The maximum absolute atomic E-state index is 13.5. The Kier molecular flexibility index (Phi) is 4.18. The van der Waals surface area contributed by atoms with E-state index in [0.29, 0.717) is 33.3 Å². The van der Waals surface area contributed by atoms with Crippen molar-refractivity contribution in [2.45, 2.75) is 0 Å². The van der Waals surface area contributed by atoms with Crippen LogP contribution in [0.1, 0.15) is 0 Å². The van der Waals surface area contributed by atoms with Gasteiger partial charge in [0, 0.05) is 40.1 Å². The van der Waals surface area contributed by atoms with Crippen molar-refractivity contribution < 1.29 is 8.78 Å². The SMILES string of the molecule is Fc1ccc(Nc2nc(-c3cccnc3)nc3ccc(Cl)cc23)cc1F. The van der Waals surface area contributed by atoms with Gasteiger partial charge in [0.1, 0.15) is 5.82 Å². The van der Waals surface area contributed by atoms with Crippen LogP contribution in [-0.4, -0.2) is 15.0 Å². The molecule has 0 atom stereocenters. The van der Waals surface area contributed by atoms with E-state index in [2.05, 4.69) is 20.3 Å². The molecule has 0 aliphatic heterocycles. The molecule has 4 aromatic rings. The van der Waals surface area contributed by atoms with Crippen LogP contribution in [0.3, 0.4) is 0 Å². The van der Waals surface area contributed by atoms with E-state index in [4.69, 9.17) is 11.6 Å². The van der Waals surface area contributed by atoms with E-state index in [9.17, 15) is 8.78 Å². The summed E-state index contributed by atoms with van der Waals surface area (Å²) in [5.41, 5.74) is 1.76. The number of anilines is 2. The second kappa shape index (κ2) is 6.65. The van der Waals surface area contributed by atoms with Gasteiger partial charge in [0.2, 0.25) is 0 Å². The van der Waals surface area contributed by atoms with Gasteiger partial charge in [0.15, 0.2) is 17.5 Å². The number of hydrogen-bond donors (Lipinski definition) is 1. The first kappa shape index (κ1) is 16.4. The molecule has 1 N–H and O–H groups in total. The van der Waals surface area contributed by atoms with Gasteiger partial charge < -0.3 is 5.32 Å². The van der Waals surface area contributed by atoms with E-state index in [1.54, 1.807) is 36.7 Å². The van der Waals surface area contributed by atoms with Crippen molar-refractivity contribution in [1.29, 1.82) is 0 Å². The Morgan fingerprint density at radius 2 is 1.81 bits per heavy atom. The third-order valence-electron chi connectivity index (χ3n) is 3.76. The van der Waals surface area contributed by atoms with E-state index in [0.717, 1.165) is 17.7 Å². The number of fused-ring (bicyclic) bond motifs is 1. The predicted molar refractivity (Wildman–Crippen MR) is 97.4 cm³/mol. The van der Waals surface area contributed by atoms with Gasteiger partial charge in [-0.25, -0.2) is 18.7 Å². The molecule has 0 fully saturated rings. The van der Waals surface area contributed by atoms with E-state index in [1.807, 2.05) is 6.07 Å². The lowest BCUT2D eigenvalue weighted by Gasteiger charge is -2.11. The fourth-order valence-corrected chi connectivity index (χ4v) is 2.70. The van der Waals surface area contributed by atoms with Crippen LogP contribution in [0.15, 0.2) is 60.9 Å². The summed E-state index contributed by atoms with van der Waals surface area (Å²) >= 11 is 6.09. The second-order valence-corrected chi connectivity index (χ2v) is 5.99. The molecule has 26 heavy (non-hydrogen) atoms. The van der Waals surface area contributed by atoms with Crippen LogP contribution in [0.5, 0.6) is 0 Å². The van der Waals surface area contributed by atoms with Crippen LogP contribution in [0.4, 0.5) is 20.3 Å². The average molecular weight is 369 g/mol. The van der Waals surface area contributed by atoms with Crippen LogP contribution in [0.25, 0.3) is 22.3 Å². The zero-order valence-corrected chi connectivity index (χ0v) is 14.0. The number of hydrogen-bond acceptors (Lipinski definition) is 4. The molecule has 0 saturated heterocycles. The average Bonchev–Trinajstić information content (AvgIpc) is 2.65. The third-order valence-corrected chi connectivity index (χ3v) is 3.99. The van der Waals surface area contributed by atoms with Gasteiger partial charge >= 0.3 is 0 Å². The van der Waals surface area contributed by atoms with Gasteiger partial charge in [-0.1, -0.05) is 11.6 Å². The minimum absolute atomic E-state index is 0.362. The molecule has 0 bridgehead atoms. The number of nitrogens with zero attached hydrogens (tertiary/aromatic N) is 3. The summed E-state index contributed by atoms with van der Waals surface area (Å²) in [7, 11) is 0. The molecule has 128 valence electrons. The molecule has 7 heteroatoms. The highest BCUT2D eigenvalue weighted by Gasteiger charge is 2.12. The summed E-state index contributed by atoms with van der Waals surface area (Å²) in [6.45, 7) is 0. The highest BCUT2D eigenvalue weighted by molar-refractivity contribution is 6.31. The third kappa shape index (κ3) is 3.19. The summed E-state index contributed by atoms with van der Waals surface area (Å²) in [5, 5.41) is 4.19. The molecule has 0 amide bonds. The molecule has 0 radical (unpaired) electrons. The van der Waals surface area contributed by atoms with Crippen LogP contribution in [0, 0.1) is 11.6 Å². The number of aromatic nitrogens is 3. The van der Waals surface area contributed by atoms with Crippen molar-refractivity contribution in [3.8, 4) is 11.4 Å². The van der Waals surface area contributed by atoms with E-state index < -0.39 is 11.6 Å². The number of pyridine rings is 1. The maximum atomic E-state index is 13.5.